The first-order valence-electron chi connectivity index (χ1n) is 5.70. The highest BCUT2D eigenvalue weighted by atomic mass is 79.9. The largest absolute Gasteiger partial charge is 0.255 e. The van der Waals surface area contributed by atoms with E-state index in [-0.39, 0.29) is 0 Å². The molecule has 0 radical (unpaired) electrons. The Morgan fingerprint density at radius 2 is 2.06 bits per heavy atom. The van der Waals surface area contributed by atoms with E-state index in [4.69, 9.17) is 0 Å². The van der Waals surface area contributed by atoms with Gasteiger partial charge >= 0.3 is 0 Å². The Balaban J connectivity index is 2.79. The van der Waals surface area contributed by atoms with Crippen molar-refractivity contribution in [3.63, 3.8) is 0 Å². The Labute approximate surface area is 105 Å². The average molecular weight is 278 g/mol. The Kier molecular flexibility index (Phi) is 3.29. The Morgan fingerprint density at radius 1 is 1.31 bits per heavy atom. The van der Waals surface area contributed by atoms with Crippen molar-refractivity contribution in [2.24, 2.45) is 0 Å². The number of fused-ring (bicyclic) bond motifs is 1. The SMILES string of the molecule is CCc1cc(Br)c2nccc(C(C)C)c2c1. The molecular weight excluding hydrogens is 262 g/mol. The standard InChI is InChI=1S/C14H16BrN/c1-4-10-7-12-11(9(2)3)5-6-16-14(12)13(15)8-10/h5-9H,4H2,1-3H3. The van der Waals surface area contributed by atoms with E-state index in [9.17, 15) is 0 Å². The summed E-state index contributed by atoms with van der Waals surface area (Å²) in [5.41, 5.74) is 3.80. The lowest BCUT2D eigenvalue weighted by atomic mass is 9.97. The van der Waals surface area contributed by atoms with Crippen LogP contribution >= 0.6 is 15.9 Å². The van der Waals surface area contributed by atoms with Crippen LogP contribution in [-0.4, -0.2) is 4.98 Å². The van der Waals surface area contributed by atoms with Gasteiger partial charge in [-0.15, -0.1) is 0 Å². The second-order valence-electron chi connectivity index (χ2n) is 4.38. The van der Waals surface area contributed by atoms with E-state index < -0.39 is 0 Å². The summed E-state index contributed by atoms with van der Waals surface area (Å²) in [7, 11) is 0. The van der Waals surface area contributed by atoms with Crippen molar-refractivity contribution < 1.29 is 0 Å². The van der Waals surface area contributed by atoms with Gasteiger partial charge in [-0.25, -0.2) is 0 Å². The molecule has 2 aromatic rings. The zero-order chi connectivity index (χ0) is 11.7. The lowest BCUT2D eigenvalue weighted by molar-refractivity contribution is 0.874. The second kappa shape index (κ2) is 4.54. The molecule has 0 N–H and O–H groups in total. The van der Waals surface area contributed by atoms with Gasteiger partial charge in [-0.2, -0.15) is 0 Å². The first kappa shape index (κ1) is 11.6. The van der Waals surface area contributed by atoms with E-state index in [1.807, 2.05) is 6.20 Å². The average Bonchev–Trinajstić information content (AvgIpc) is 2.28. The molecule has 2 heteroatoms. The lowest BCUT2D eigenvalue weighted by Gasteiger charge is -2.11. The predicted octanol–water partition coefficient (Wildman–Crippen LogP) is 4.68. The maximum Gasteiger partial charge on any atom is 0.0846 e. The Morgan fingerprint density at radius 3 is 2.69 bits per heavy atom. The van der Waals surface area contributed by atoms with Crippen LogP contribution in [0.25, 0.3) is 10.9 Å². The molecule has 16 heavy (non-hydrogen) atoms. The summed E-state index contributed by atoms with van der Waals surface area (Å²) in [6.07, 6.45) is 2.95. The highest BCUT2D eigenvalue weighted by Crippen LogP contribution is 2.30. The normalized spacial score (nSPS) is 11.3. The van der Waals surface area contributed by atoms with Crippen molar-refractivity contribution >= 4 is 26.8 Å². The van der Waals surface area contributed by atoms with E-state index in [0.29, 0.717) is 5.92 Å². The first-order chi connectivity index (χ1) is 7.63. The molecule has 1 aromatic heterocycles. The molecule has 1 heterocycles. The quantitative estimate of drug-likeness (QED) is 0.777. The van der Waals surface area contributed by atoms with Crippen LogP contribution in [0.4, 0.5) is 0 Å². The van der Waals surface area contributed by atoms with Crippen molar-refractivity contribution in [3.8, 4) is 0 Å². The van der Waals surface area contributed by atoms with E-state index in [0.717, 1.165) is 16.4 Å². The van der Waals surface area contributed by atoms with Crippen molar-refractivity contribution in [2.45, 2.75) is 33.1 Å². The summed E-state index contributed by atoms with van der Waals surface area (Å²) < 4.78 is 1.10. The van der Waals surface area contributed by atoms with Crippen LogP contribution in [0.1, 0.15) is 37.8 Å². The number of aromatic nitrogens is 1. The fourth-order valence-electron chi connectivity index (χ4n) is 2.00. The zero-order valence-corrected chi connectivity index (χ0v) is 11.5. The molecule has 0 aliphatic carbocycles. The molecule has 1 aromatic carbocycles. The Bertz CT molecular complexity index is 517. The number of hydrogen-bond acceptors (Lipinski definition) is 1. The van der Waals surface area contributed by atoms with Gasteiger partial charge in [0.05, 0.1) is 5.52 Å². The van der Waals surface area contributed by atoms with Crippen LogP contribution in [-0.2, 0) is 6.42 Å². The number of nitrogens with zero attached hydrogens (tertiary/aromatic N) is 1. The number of hydrogen-bond donors (Lipinski definition) is 0. The summed E-state index contributed by atoms with van der Waals surface area (Å²) in [4.78, 5) is 4.45. The van der Waals surface area contributed by atoms with Gasteiger partial charge in [-0.1, -0.05) is 20.8 Å². The highest BCUT2D eigenvalue weighted by Gasteiger charge is 2.09. The fourth-order valence-corrected chi connectivity index (χ4v) is 2.61. The summed E-state index contributed by atoms with van der Waals surface area (Å²) in [5, 5.41) is 1.28. The van der Waals surface area contributed by atoms with E-state index in [1.165, 1.54) is 16.5 Å². The first-order valence-corrected chi connectivity index (χ1v) is 6.49. The molecule has 0 fully saturated rings. The number of aryl methyl sites for hydroxylation is 1. The second-order valence-corrected chi connectivity index (χ2v) is 5.24. The minimum Gasteiger partial charge on any atom is -0.255 e. The van der Waals surface area contributed by atoms with Crippen molar-refractivity contribution in [1.29, 1.82) is 0 Å². The van der Waals surface area contributed by atoms with E-state index in [1.54, 1.807) is 0 Å². The molecule has 0 atom stereocenters. The van der Waals surface area contributed by atoms with Crippen molar-refractivity contribution in [3.05, 3.63) is 40.0 Å². The van der Waals surface area contributed by atoms with Crippen LogP contribution < -0.4 is 0 Å². The topological polar surface area (TPSA) is 12.9 Å². The van der Waals surface area contributed by atoms with Crippen LogP contribution in [0.3, 0.4) is 0 Å². The van der Waals surface area contributed by atoms with E-state index >= 15 is 0 Å². The fraction of sp³-hybridized carbons (Fsp3) is 0.357. The third kappa shape index (κ3) is 1.99. The van der Waals surface area contributed by atoms with Crippen molar-refractivity contribution in [2.75, 3.05) is 0 Å². The molecule has 0 saturated heterocycles. The highest BCUT2D eigenvalue weighted by molar-refractivity contribution is 9.10. The molecule has 84 valence electrons. The maximum absolute atomic E-state index is 4.45. The van der Waals surface area contributed by atoms with Crippen LogP contribution in [0, 0.1) is 0 Å². The van der Waals surface area contributed by atoms with Gasteiger partial charge in [0.25, 0.3) is 0 Å². The minimum absolute atomic E-state index is 0.532. The molecule has 1 nitrogen and oxygen atoms in total. The molecule has 0 saturated carbocycles. The number of halogens is 1. The Hall–Kier alpha value is -0.890. The van der Waals surface area contributed by atoms with Gasteiger partial charge < -0.3 is 0 Å². The lowest BCUT2D eigenvalue weighted by Crippen LogP contribution is -1.93. The third-order valence-electron chi connectivity index (χ3n) is 2.92. The maximum atomic E-state index is 4.45. The number of rotatable bonds is 2. The number of pyridine rings is 1. The van der Waals surface area contributed by atoms with E-state index in [2.05, 4.69) is 59.9 Å². The van der Waals surface area contributed by atoms with Gasteiger partial charge in [-0.05, 0) is 57.6 Å². The minimum atomic E-state index is 0.532. The van der Waals surface area contributed by atoms with Gasteiger partial charge in [0.1, 0.15) is 0 Å². The summed E-state index contributed by atoms with van der Waals surface area (Å²) >= 11 is 3.61. The third-order valence-corrected chi connectivity index (χ3v) is 3.53. The van der Waals surface area contributed by atoms with Crippen LogP contribution in [0.15, 0.2) is 28.9 Å². The van der Waals surface area contributed by atoms with Crippen LogP contribution in [0.5, 0.6) is 0 Å². The van der Waals surface area contributed by atoms with Gasteiger partial charge in [0.2, 0.25) is 0 Å². The molecule has 2 rings (SSSR count). The monoisotopic (exact) mass is 277 g/mol. The summed E-state index contributed by atoms with van der Waals surface area (Å²) in [6, 6.07) is 6.56. The molecule has 0 amide bonds. The van der Waals surface area contributed by atoms with Gasteiger partial charge in [-0.3, -0.25) is 4.98 Å². The number of benzene rings is 1. The molecule has 0 bridgehead atoms. The molecule has 0 aliphatic rings. The molecule has 0 unspecified atom stereocenters. The predicted molar refractivity (Wildman–Crippen MR) is 72.9 cm³/mol. The molecule has 0 aliphatic heterocycles. The summed E-state index contributed by atoms with van der Waals surface area (Å²) in [6.45, 7) is 6.63. The van der Waals surface area contributed by atoms with Gasteiger partial charge in [0.15, 0.2) is 0 Å². The van der Waals surface area contributed by atoms with Crippen molar-refractivity contribution in [1.82, 2.24) is 4.98 Å². The van der Waals surface area contributed by atoms with Gasteiger partial charge in [0, 0.05) is 16.1 Å². The zero-order valence-electron chi connectivity index (χ0n) is 9.92. The smallest absolute Gasteiger partial charge is 0.0846 e. The summed E-state index contributed by atoms with van der Waals surface area (Å²) in [5.74, 6) is 0.532. The molecular formula is C14H16BrN. The molecule has 0 spiro atoms. The van der Waals surface area contributed by atoms with Crippen LogP contribution in [0.2, 0.25) is 0 Å².